The number of hydrogen-bond acceptors (Lipinski definition) is 6. The first-order valence-electron chi connectivity index (χ1n) is 10.1. The third-order valence-corrected chi connectivity index (χ3v) is 5.82. The van der Waals surface area contributed by atoms with E-state index in [2.05, 4.69) is 22.1 Å². The predicted molar refractivity (Wildman–Crippen MR) is 125 cm³/mol. The van der Waals surface area contributed by atoms with Gasteiger partial charge in [0.1, 0.15) is 5.75 Å². The molecular formula is C24H26N4O3S. The lowest BCUT2D eigenvalue weighted by Crippen LogP contribution is -2.28. The summed E-state index contributed by atoms with van der Waals surface area (Å²) in [6.45, 7) is 8.09. The van der Waals surface area contributed by atoms with Crippen LogP contribution in [0.2, 0.25) is 0 Å². The lowest BCUT2D eigenvalue weighted by atomic mass is 10.1. The molecule has 1 amide bonds. The van der Waals surface area contributed by atoms with Crippen LogP contribution >= 0.6 is 11.8 Å². The van der Waals surface area contributed by atoms with Crippen LogP contribution in [0.15, 0.2) is 66.3 Å². The SMILES string of the molecule is C=CCn1c(SCC(=O)c2ccc(OC)cc2)nnc1[C@H](C)NC(=O)c1ccc(C)cc1. The summed E-state index contributed by atoms with van der Waals surface area (Å²) in [6, 6.07) is 14.0. The Bertz CT molecular complexity index is 1090. The van der Waals surface area contributed by atoms with E-state index in [4.69, 9.17) is 4.74 Å². The standard InChI is InChI=1S/C24H26N4O3S/c1-5-14-28-22(17(3)25-23(30)19-8-6-16(2)7-9-19)26-27-24(28)32-15-21(29)18-10-12-20(31-4)13-11-18/h5-13,17H,1,14-15H2,2-4H3,(H,25,30)/t17-/m0/s1. The van der Waals surface area contributed by atoms with Crippen LogP contribution in [-0.2, 0) is 6.54 Å². The lowest BCUT2D eigenvalue weighted by Gasteiger charge is -2.15. The number of Topliss-reactive ketones (excluding diaryl/α,β-unsaturated/α-hetero) is 1. The minimum atomic E-state index is -0.372. The second kappa shape index (κ2) is 10.8. The first kappa shape index (κ1) is 23.3. The van der Waals surface area contributed by atoms with Gasteiger partial charge < -0.3 is 14.6 Å². The van der Waals surface area contributed by atoms with Gasteiger partial charge in [-0.1, -0.05) is 35.5 Å². The smallest absolute Gasteiger partial charge is 0.251 e. The van der Waals surface area contributed by atoms with Crippen LogP contribution in [0.25, 0.3) is 0 Å². The molecule has 0 radical (unpaired) electrons. The number of aromatic nitrogens is 3. The molecule has 1 atom stereocenters. The zero-order valence-corrected chi connectivity index (χ0v) is 19.2. The largest absolute Gasteiger partial charge is 0.497 e. The van der Waals surface area contributed by atoms with E-state index in [1.54, 1.807) is 49.6 Å². The Hall–Kier alpha value is -3.39. The molecule has 3 aromatic rings. The van der Waals surface area contributed by atoms with Gasteiger partial charge in [0.25, 0.3) is 5.91 Å². The summed E-state index contributed by atoms with van der Waals surface area (Å²) in [4.78, 5) is 25.1. The Kier molecular flexibility index (Phi) is 7.83. The van der Waals surface area contributed by atoms with Crippen molar-refractivity contribution in [1.29, 1.82) is 0 Å². The number of ether oxygens (including phenoxy) is 1. The number of nitrogens with zero attached hydrogens (tertiary/aromatic N) is 3. The molecule has 1 heterocycles. The first-order valence-corrected chi connectivity index (χ1v) is 11.1. The number of carbonyl (C=O) groups is 2. The Balaban J connectivity index is 1.69. The van der Waals surface area contributed by atoms with E-state index >= 15 is 0 Å². The van der Waals surface area contributed by atoms with Crippen molar-refractivity contribution in [3.05, 3.63) is 83.7 Å². The van der Waals surface area contributed by atoms with Gasteiger partial charge in [-0.25, -0.2) is 0 Å². The van der Waals surface area contributed by atoms with Crippen molar-refractivity contribution in [2.45, 2.75) is 31.6 Å². The number of benzene rings is 2. The number of rotatable bonds is 10. The number of amides is 1. The van der Waals surface area contributed by atoms with Gasteiger partial charge in [0.05, 0.1) is 18.9 Å². The van der Waals surface area contributed by atoms with Gasteiger partial charge in [-0.3, -0.25) is 9.59 Å². The third-order valence-electron chi connectivity index (χ3n) is 4.85. The Morgan fingerprint density at radius 1 is 1.12 bits per heavy atom. The normalized spacial score (nSPS) is 11.6. The molecular weight excluding hydrogens is 424 g/mol. The number of ketones is 1. The van der Waals surface area contributed by atoms with Crippen molar-refractivity contribution >= 4 is 23.5 Å². The lowest BCUT2D eigenvalue weighted by molar-refractivity contribution is 0.0937. The number of allylic oxidation sites excluding steroid dienone is 1. The van der Waals surface area contributed by atoms with Crippen LogP contribution in [0, 0.1) is 6.92 Å². The summed E-state index contributed by atoms with van der Waals surface area (Å²) >= 11 is 1.30. The number of carbonyl (C=O) groups excluding carboxylic acids is 2. The number of nitrogens with one attached hydrogen (secondary N) is 1. The van der Waals surface area contributed by atoms with Gasteiger partial charge in [-0.05, 0) is 50.2 Å². The van der Waals surface area contributed by atoms with E-state index in [9.17, 15) is 9.59 Å². The fourth-order valence-corrected chi connectivity index (χ4v) is 3.92. The van der Waals surface area contributed by atoms with Crippen LogP contribution < -0.4 is 10.1 Å². The average molecular weight is 451 g/mol. The molecule has 32 heavy (non-hydrogen) atoms. The van der Waals surface area contributed by atoms with Crippen molar-refractivity contribution in [1.82, 2.24) is 20.1 Å². The summed E-state index contributed by atoms with van der Waals surface area (Å²) < 4.78 is 6.99. The monoisotopic (exact) mass is 450 g/mol. The molecule has 8 heteroatoms. The van der Waals surface area contributed by atoms with Crippen molar-refractivity contribution in [2.24, 2.45) is 0 Å². The molecule has 0 spiro atoms. The minimum absolute atomic E-state index is 0.0203. The third kappa shape index (κ3) is 5.64. The number of thioether (sulfide) groups is 1. The van der Waals surface area contributed by atoms with E-state index in [1.165, 1.54) is 11.8 Å². The highest BCUT2D eigenvalue weighted by Gasteiger charge is 2.20. The average Bonchev–Trinajstić information content (AvgIpc) is 3.20. The van der Waals surface area contributed by atoms with Crippen LogP contribution in [0.5, 0.6) is 5.75 Å². The maximum atomic E-state index is 12.6. The second-order valence-corrected chi connectivity index (χ2v) is 8.18. The molecule has 0 aliphatic heterocycles. The van der Waals surface area contributed by atoms with Gasteiger partial charge >= 0.3 is 0 Å². The van der Waals surface area contributed by atoms with Crippen molar-refractivity contribution < 1.29 is 14.3 Å². The first-order chi connectivity index (χ1) is 15.4. The maximum absolute atomic E-state index is 12.6. The fourth-order valence-electron chi connectivity index (χ4n) is 3.07. The molecule has 166 valence electrons. The predicted octanol–water partition coefficient (Wildman–Crippen LogP) is 4.25. The van der Waals surface area contributed by atoms with Crippen molar-refractivity contribution in [3.8, 4) is 5.75 Å². The van der Waals surface area contributed by atoms with Gasteiger partial charge in [0.2, 0.25) is 0 Å². The number of aryl methyl sites for hydroxylation is 1. The summed E-state index contributed by atoms with van der Waals surface area (Å²) in [7, 11) is 1.58. The van der Waals surface area contributed by atoms with Crippen LogP contribution in [-0.4, -0.2) is 39.3 Å². The maximum Gasteiger partial charge on any atom is 0.251 e. The molecule has 0 bridgehead atoms. The highest BCUT2D eigenvalue weighted by molar-refractivity contribution is 7.99. The number of hydrogen-bond donors (Lipinski definition) is 1. The summed E-state index contributed by atoms with van der Waals surface area (Å²) in [6.07, 6.45) is 1.73. The zero-order valence-electron chi connectivity index (χ0n) is 18.4. The van der Waals surface area contributed by atoms with E-state index in [-0.39, 0.29) is 23.5 Å². The molecule has 7 nitrogen and oxygen atoms in total. The quantitative estimate of drug-likeness (QED) is 0.282. The van der Waals surface area contributed by atoms with Gasteiger partial charge in [-0.2, -0.15) is 0 Å². The van der Waals surface area contributed by atoms with Crippen LogP contribution in [0.3, 0.4) is 0 Å². The van der Waals surface area contributed by atoms with Crippen molar-refractivity contribution in [2.75, 3.05) is 12.9 Å². The highest BCUT2D eigenvalue weighted by Crippen LogP contribution is 2.22. The molecule has 0 saturated carbocycles. The van der Waals surface area contributed by atoms with Gasteiger partial charge in [0.15, 0.2) is 16.8 Å². The zero-order chi connectivity index (χ0) is 23.1. The van der Waals surface area contributed by atoms with Gasteiger partial charge in [-0.15, -0.1) is 16.8 Å². The van der Waals surface area contributed by atoms with Crippen molar-refractivity contribution in [3.63, 3.8) is 0 Å². The van der Waals surface area contributed by atoms with Gasteiger partial charge in [0, 0.05) is 17.7 Å². The Morgan fingerprint density at radius 3 is 2.41 bits per heavy atom. The molecule has 0 aliphatic rings. The molecule has 1 N–H and O–H groups in total. The molecule has 0 aliphatic carbocycles. The molecule has 2 aromatic carbocycles. The summed E-state index contributed by atoms with van der Waals surface area (Å²) in [5.74, 6) is 1.31. The van der Waals surface area contributed by atoms with E-state index in [1.807, 2.05) is 30.5 Å². The summed E-state index contributed by atoms with van der Waals surface area (Å²) in [5.41, 5.74) is 2.27. The Morgan fingerprint density at radius 2 is 1.78 bits per heavy atom. The minimum Gasteiger partial charge on any atom is -0.497 e. The van der Waals surface area contributed by atoms with Crippen LogP contribution in [0.1, 0.15) is 45.1 Å². The highest BCUT2D eigenvalue weighted by atomic mass is 32.2. The molecule has 0 fully saturated rings. The molecule has 3 rings (SSSR count). The fraction of sp³-hybridized carbons (Fsp3) is 0.250. The Labute approximate surface area is 191 Å². The van der Waals surface area contributed by atoms with E-state index < -0.39 is 0 Å². The molecule has 1 aromatic heterocycles. The summed E-state index contributed by atoms with van der Waals surface area (Å²) in [5, 5.41) is 12.1. The molecule has 0 unspecified atom stereocenters. The molecule has 0 saturated heterocycles. The van der Waals surface area contributed by atoms with Crippen LogP contribution in [0.4, 0.5) is 0 Å². The second-order valence-electron chi connectivity index (χ2n) is 7.24. The van der Waals surface area contributed by atoms with E-state index in [0.717, 1.165) is 5.56 Å². The van der Waals surface area contributed by atoms with E-state index in [0.29, 0.717) is 34.4 Å². The number of methoxy groups -OCH3 is 1. The topological polar surface area (TPSA) is 86.1 Å².